The summed E-state index contributed by atoms with van der Waals surface area (Å²) in [4.78, 5) is 13.7. The summed E-state index contributed by atoms with van der Waals surface area (Å²) >= 11 is 0. The highest BCUT2D eigenvalue weighted by atomic mass is 16.6. The van der Waals surface area contributed by atoms with Gasteiger partial charge in [0.15, 0.2) is 11.5 Å². The highest BCUT2D eigenvalue weighted by Crippen LogP contribution is 2.47. The summed E-state index contributed by atoms with van der Waals surface area (Å²) in [6.07, 6.45) is 0.681. The molecule has 0 aromatic heterocycles. The molecule has 1 aromatic rings. The first kappa shape index (κ1) is 12.3. The van der Waals surface area contributed by atoms with Crippen LogP contribution in [0, 0.1) is 5.92 Å². The van der Waals surface area contributed by atoms with E-state index in [0.29, 0.717) is 30.1 Å². The number of amides is 1. The van der Waals surface area contributed by atoms with E-state index >= 15 is 0 Å². The number of nitrogens with zero attached hydrogens (tertiary/aromatic N) is 1. The van der Waals surface area contributed by atoms with Crippen molar-refractivity contribution in [1.29, 1.82) is 0 Å². The Morgan fingerprint density at radius 3 is 3.16 bits per heavy atom. The first-order valence-corrected chi connectivity index (χ1v) is 6.56. The van der Waals surface area contributed by atoms with Gasteiger partial charge in [-0.3, -0.25) is 4.90 Å². The summed E-state index contributed by atoms with van der Waals surface area (Å²) in [6.45, 7) is 1.77. The number of para-hydroxylation sites is 1. The van der Waals surface area contributed by atoms with Crippen LogP contribution in [0.15, 0.2) is 18.2 Å². The normalized spacial score (nSPS) is 25.2. The minimum Gasteiger partial charge on any atom is -0.489 e. The Labute approximate surface area is 112 Å². The average Bonchev–Trinajstić information content (AvgIpc) is 2.81. The zero-order chi connectivity index (χ0) is 13.4. The summed E-state index contributed by atoms with van der Waals surface area (Å²) in [6, 6.07) is 6.11. The Hall–Kier alpha value is -1.75. The summed E-state index contributed by atoms with van der Waals surface area (Å²) in [7, 11) is 3.67. The van der Waals surface area contributed by atoms with Gasteiger partial charge in [-0.15, -0.1) is 0 Å². The molecule has 19 heavy (non-hydrogen) atoms. The fourth-order valence-electron chi connectivity index (χ4n) is 3.03. The lowest BCUT2D eigenvalue weighted by atomic mass is 9.91. The van der Waals surface area contributed by atoms with Gasteiger partial charge in [0.2, 0.25) is 0 Å². The van der Waals surface area contributed by atoms with Crippen LogP contribution in [0.25, 0.3) is 0 Å². The van der Waals surface area contributed by atoms with Crippen LogP contribution in [0.2, 0.25) is 0 Å². The number of benzene rings is 1. The molecule has 1 saturated heterocycles. The first-order chi connectivity index (χ1) is 9.20. The number of hydrogen-bond donors (Lipinski definition) is 1. The van der Waals surface area contributed by atoms with Crippen LogP contribution in [0.5, 0.6) is 11.5 Å². The number of nitrogens with one attached hydrogen (secondary N) is 1. The lowest BCUT2D eigenvalue weighted by Crippen LogP contribution is -2.29. The molecule has 0 aliphatic carbocycles. The van der Waals surface area contributed by atoms with Gasteiger partial charge in [0.05, 0.1) is 6.61 Å². The third-order valence-corrected chi connectivity index (χ3v) is 3.95. The number of rotatable bonds is 1. The zero-order valence-corrected chi connectivity index (χ0v) is 11.2. The standard InChI is InChI=1S/C14H18N2O3/c1-15-14(17)19-11-5-3-4-10-12-9(6-7-16(12)2)8-18-13(10)11/h3-5,9,12H,6-8H2,1-2H3,(H,15,17)/t9-,12-/m1/s1. The van der Waals surface area contributed by atoms with Gasteiger partial charge in [0.25, 0.3) is 0 Å². The third kappa shape index (κ3) is 2.04. The van der Waals surface area contributed by atoms with Crippen LogP contribution in [0.1, 0.15) is 18.0 Å². The van der Waals surface area contributed by atoms with E-state index in [0.717, 1.165) is 18.5 Å². The van der Waals surface area contributed by atoms with Crippen molar-refractivity contribution in [3.05, 3.63) is 23.8 Å². The van der Waals surface area contributed by atoms with Crippen LogP contribution >= 0.6 is 0 Å². The molecule has 1 fully saturated rings. The predicted octanol–water partition coefficient (Wildman–Crippen LogP) is 1.79. The predicted molar refractivity (Wildman–Crippen MR) is 70.5 cm³/mol. The highest BCUT2D eigenvalue weighted by Gasteiger charge is 2.39. The number of fused-ring (bicyclic) bond motifs is 3. The minimum atomic E-state index is -0.473. The second-order valence-corrected chi connectivity index (χ2v) is 5.10. The Morgan fingerprint density at radius 2 is 2.37 bits per heavy atom. The molecule has 0 unspecified atom stereocenters. The van der Waals surface area contributed by atoms with E-state index in [-0.39, 0.29) is 0 Å². The molecule has 1 aromatic carbocycles. The molecule has 3 rings (SSSR count). The quantitative estimate of drug-likeness (QED) is 0.838. The molecule has 2 aliphatic rings. The van der Waals surface area contributed by atoms with Crippen LogP contribution in [0.4, 0.5) is 4.79 Å². The molecule has 0 bridgehead atoms. The molecule has 102 valence electrons. The van der Waals surface area contributed by atoms with Crippen molar-refractivity contribution in [1.82, 2.24) is 10.2 Å². The van der Waals surface area contributed by atoms with Gasteiger partial charge in [-0.2, -0.15) is 0 Å². The van der Waals surface area contributed by atoms with Gasteiger partial charge >= 0.3 is 6.09 Å². The largest absolute Gasteiger partial charge is 0.489 e. The Bertz CT molecular complexity index is 503. The third-order valence-electron chi connectivity index (χ3n) is 3.95. The molecule has 5 nitrogen and oxygen atoms in total. The van der Waals surface area contributed by atoms with Gasteiger partial charge in [0, 0.05) is 24.6 Å². The average molecular weight is 262 g/mol. The van der Waals surface area contributed by atoms with Gasteiger partial charge < -0.3 is 14.8 Å². The van der Waals surface area contributed by atoms with Crippen molar-refractivity contribution < 1.29 is 14.3 Å². The molecule has 1 N–H and O–H groups in total. The number of ether oxygens (including phenoxy) is 2. The maximum atomic E-state index is 11.4. The molecule has 1 amide bonds. The fraction of sp³-hybridized carbons (Fsp3) is 0.500. The summed E-state index contributed by atoms with van der Waals surface area (Å²) in [5, 5.41) is 2.45. The van der Waals surface area contributed by atoms with Gasteiger partial charge in [0.1, 0.15) is 0 Å². The lowest BCUT2D eigenvalue weighted by Gasteiger charge is -2.32. The number of hydrogen-bond acceptors (Lipinski definition) is 4. The van der Waals surface area contributed by atoms with E-state index < -0.39 is 6.09 Å². The first-order valence-electron chi connectivity index (χ1n) is 6.56. The molecule has 0 radical (unpaired) electrons. The molecular weight excluding hydrogens is 244 g/mol. The Balaban J connectivity index is 1.97. The molecule has 0 saturated carbocycles. The maximum absolute atomic E-state index is 11.4. The second-order valence-electron chi connectivity index (χ2n) is 5.10. The SMILES string of the molecule is CNC(=O)Oc1cccc2c1OC[C@H]1CCN(C)[C@@H]21. The molecule has 0 spiro atoms. The topological polar surface area (TPSA) is 50.8 Å². The number of likely N-dealkylation sites (tertiary alicyclic amines) is 1. The van der Waals surface area contributed by atoms with E-state index in [1.54, 1.807) is 13.1 Å². The van der Waals surface area contributed by atoms with E-state index in [9.17, 15) is 4.79 Å². The molecule has 2 atom stereocenters. The monoisotopic (exact) mass is 262 g/mol. The van der Waals surface area contributed by atoms with Crippen molar-refractivity contribution >= 4 is 6.09 Å². The molecule has 5 heteroatoms. The maximum Gasteiger partial charge on any atom is 0.412 e. The van der Waals surface area contributed by atoms with Crippen molar-refractivity contribution in [2.75, 3.05) is 27.2 Å². The highest BCUT2D eigenvalue weighted by molar-refractivity contribution is 5.71. The van der Waals surface area contributed by atoms with Crippen molar-refractivity contribution in [2.45, 2.75) is 12.5 Å². The molecule has 2 heterocycles. The second kappa shape index (κ2) is 4.74. The van der Waals surface area contributed by atoms with Crippen molar-refractivity contribution in [3.8, 4) is 11.5 Å². The number of carbonyl (C=O) groups excluding carboxylic acids is 1. The van der Waals surface area contributed by atoms with Gasteiger partial charge in [-0.1, -0.05) is 12.1 Å². The van der Waals surface area contributed by atoms with E-state index in [1.165, 1.54) is 0 Å². The zero-order valence-electron chi connectivity index (χ0n) is 11.2. The fourth-order valence-corrected chi connectivity index (χ4v) is 3.03. The minimum absolute atomic E-state index is 0.372. The van der Waals surface area contributed by atoms with Crippen LogP contribution in [0.3, 0.4) is 0 Å². The Kier molecular flexibility index (Phi) is 3.06. The van der Waals surface area contributed by atoms with Crippen LogP contribution < -0.4 is 14.8 Å². The summed E-state index contributed by atoms with van der Waals surface area (Å²) < 4.78 is 11.1. The molecular formula is C14H18N2O3. The Morgan fingerprint density at radius 1 is 1.53 bits per heavy atom. The number of carbonyl (C=O) groups is 1. The van der Waals surface area contributed by atoms with Crippen molar-refractivity contribution in [2.24, 2.45) is 5.92 Å². The smallest absolute Gasteiger partial charge is 0.412 e. The van der Waals surface area contributed by atoms with Crippen LogP contribution in [-0.4, -0.2) is 38.2 Å². The van der Waals surface area contributed by atoms with Crippen molar-refractivity contribution in [3.63, 3.8) is 0 Å². The van der Waals surface area contributed by atoms with E-state index in [1.807, 2.05) is 6.07 Å². The van der Waals surface area contributed by atoms with E-state index in [2.05, 4.69) is 23.3 Å². The van der Waals surface area contributed by atoms with Gasteiger partial charge in [-0.25, -0.2) is 4.79 Å². The summed E-state index contributed by atoms with van der Waals surface area (Å²) in [5.41, 5.74) is 1.12. The van der Waals surface area contributed by atoms with E-state index in [4.69, 9.17) is 9.47 Å². The molecule has 2 aliphatic heterocycles. The van der Waals surface area contributed by atoms with Crippen LogP contribution in [-0.2, 0) is 0 Å². The van der Waals surface area contributed by atoms with Gasteiger partial charge in [-0.05, 0) is 26.1 Å². The summed E-state index contributed by atoms with van der Waals surface area (Å²) in [5.74, 6) is 1.74. The lowest BCUT2D eigenvalue weighted by molar-refractivity contribution is 0.156.